The minimum atomic E-state index is 0.302. The van der Waals surface area contributed by atoms with Crippen molar-refractivity contribution in [1.82, 2.24) is 9.97 Å². The minimum absolute atomic E-state index is 0.302. The minimum Gasteiger partial charge on any atom is -0.349 e. The van der Waals surface area contributed by atoms with Crippen LogP contribution in [0.3, 0.4) is 0 Å². The lowest BCUT2D eigenvalue weighted by molar-refractivity contribution is 0.889. The number of nitrogens with zero attached hydrogens (tertiary/aromatic N) is 1. The van der Waals surface area contributed by atoms with E-state index in [9.17, 15) is 0 Å². The predicted octanol–water partition coefficient (Wildman–Crippen LogP) is 4.67. The van der Waals surface area contributed by atoms with E-state index in [0.717, 1.165) is 20.5 Å². The Balaban J connectivity index is 2.11. The fourth-order valence-electron chi connectivity index (χ4n) is 1.20. The van der Waals surface area contributed by atoms with Crippen LogP contribution in [0, 0.1) is 0 Å². The summed E-state index contributed by atoms with van der Waals surface area (Å²) in [5, 5.41) is 0. The van der Waals surface area contributed by atoms with Gasteiger partial charge in [0.2, 0.25) is 0 Å². The topological polar surface area (TPSA) is 28.7 Å². The van der Waals surface area contributed by atoms with Crippen LogP contribution < -0.4 is 0 Å². The molecule has 1 unspecified atom stereocenters. The molecule has 0 aliphatic rings. The van der Waals surface area contributed by atoms with E-state index in [1.54, 1.807) is 17.5 Å². The molecule has 0 fully saturated rings. The van der Waals surface area contributed by atoms with E-state index in [2.05, 4.69) is 63.8 Å². The number of aromatic amines is 1. The van der Waals surface area contributed by atoms with Gasteiger partial charge in [-0.15, -0.1) is 11.3 Å². The normalized spacial score (nSPS) is 13.0. The van der Waals surface area contributed by atoms with E-state index in [-0.39, 0.29) is 0 Å². The molecular weight excluding hydrogens is 408 g/mol. The van der Waals surface area contributed by atoms with Crippen molar-refractivity contribution in [1.29, 1.82) is 0 Å². The molecule has 1 N–H and O–H groups in total. The number of H-pyrrole nitrogens is 1. The maximum Gasteiger partial charge on any atom is 0.107 e. The Labute approximate surface area is 117 Å². The molecule has 1 atom stereocenters. The number of aromatic nitrogens is 2. The van der Waals surface area contributed by atoms with Gasteiger partial charge in [0.1, 0.15) is 5.82 Å². The van der Waals surface area contributed by atoms with Gasteiger partial charge in [-0.1, -0.05) is 15.9 Å². The Bertz CT molecular complexity index is 419. The van der Waals surface area contributed by atoms with Gasteiger partial charge in [-0.05, 0) is 37.9 Å². The van der Waals surface area contributed by atoms with E-state index in [0.29, 0.717) is 4.83 Å². The third-order valence-corrected chi connectivity index (χ3v) is 6.39. The summed E-state index contributed by atoms with van der Waals surface area (Å²) in [5.74, 6) is 0.998. The smallest absolute Gasteiger partial charge is 0.107 e. The molecule has 0 aliphatic carbocycles. The van der Waals surface area contributed by atoms with E-state index in [1.165, 1.54) is 4.88 Å². The second-order valence-corrected chi connectivity index (χ2v) is 7.34. The van der Waals surface area contributed by atoms with Crippen molar-refractivity contribution in [2.75, 3.05) is 0 Å². The molecule has 0 saturated carbocycles. The zero-order valence-corrected chi connectivity index (χ0v) is 13.1. The number of alkyl halides is 1. The first kappa shape index (κ1) is 11.8. The zero-order valence-electron chi connectivity index (χ0n) is 7.51. The number of hydrogen-bond donors (Lipinski definition) is 1. The molecule has 2 heterocycles. The number of imidazole rings is 1. The molecule has 15 heavy (non-hydrogen) atoms. The van der Waals surface area contributed by atoms with Gasteiger partial charge in [-0.25, -0.2) is 4.98 Å². The van der Waals surface area contributed by atoms with Gasteiger partial charge in [0.25, 0.3) is 0 Å². The van der Waals surface area contributed by atoms with Crippen LogP contribution >= 0.6 is 59.1 Å². The third kappa shape index (κ3) is 2.93. The van der Waals surface area contributed by atoms with Crippen LogP contribution in [0.5, 0.6) is 0 Å². The van der Waals surface area contributed by atoms with Crippen LogP contribution in [0.2, 0.25) is 0 Å². The number of nitrogens with one attached hydrogen (secondary N) is 1. The van der Waals surface area contributed by atoms with Gasteiger partial charge in [0.05, 0.1) is 8.61 Å². The molecule has 0 spiro atoms. The summed E-state index contributed by atoms with van der Waals surface area (Å²) in [5.41, 5.74) is 0. The molecule has 2 aromatic heterocycles. The summed E-state index contributed by atoms with van der Waals surface area (Å²) >= 11 is 12.4. The fourth-order valence-corrected chi connectivity index (χ4v) is 3.98. The molecule has 0 radical (unpaired) electrons. The lowest BCUT2D eigenvalue weighted by atomic mass is 10.2. The van der Waals surface area contributed by atoms with Crippen LogP contribution in [0.4, 0.5) is 0 Å². The van der Waals surface area contributed by atoms with Crippen LogP contribution in [-0.2, 0) is 6.42 Å². The van der Waals surface area contributed by atoms with Gasteiger partial charge in [-0.3, -0.25) is 0 Å². The van der Waals surface area contributed by atoms with Crippen molar-refractivity contribution in [2.24, 2.45) is 0 Å². The molecule has 2 rings (SSSR count). The highest BCUT2D eigenvalue weighted by atomic mass is 79.9. The first-order valence-corrected chi connectivity index (χ1v) is 7.55. The SMILES string of the molecule is Brc1cc(C(Br)Cc2ncc[nH]2)sc1Br. The molecule has 6 heteroatoms. The molecule has 2 aromatic rings. The maximum atomic E-state index is 4.21. The lowest BCUT2D eigenvalue weighted by Crippen LogP contribution is -1.94. The zero-order chi connectivity index (χ0) is 10.8. The van der Waals surface area contributed by atoms with E-state index >= 15 is 0 Å². The fraction of sp³-hybridized carbons (Fsp3) is 0.222. The van der Waals surface area contributed by atoms with Crippen LogP contribution in [-0.4, -0.2) is 9.97 Å². The summed E-state index contributed by atoms with van der Waals surface area (Å²) in [4.78, 5) is 8.89. The Morgan fingerprint density at radius 1 is 1.47 bits per heavy atom. The Hall–Kier alpha value is 0.350. The lowest BCUT2D eigenvalue weighted by Gasteiger charge is -2.04. The van der Waals surface area contributed by atoms with Gasteiger partial charge in [0, 0.05) is 28.2 Å². The molecule has 0 aliphatic heterocycles. The summed E-state index contributed by atoms with van der Waals surface area (Å²) in [6.45, 7) is 0. The van der Waals surface area contributed by atoms with E-state index in [4.69, 9.17) is 0 Å². The van der Waals surface area contributed by atoms with Gasteiger partial charge in [0.15, 0.2) is 0 Å². The largest absolute Gasteiger partial charge is 0.349 e. The molecule has 0 aromatic carbocycles. The highest BCUT2D eigenvalue weighted by molar-refractivity contribution is 9.13. The highest BCUT2D eigenvalue weighted by Crippen LogP contribution is 2.39. The van der Waals surface area contributed by atoms with Crippen molar-refractivity contribution in [2.45, 2.75) is 11.2 Å². The second kappa shape index (κ2) is 5.12. The number of rotatable bonds is 3. The van der Waals surface area contributed by atoms with Crippen molar-refractivity contribution >= 4 is 59.1 Å². The average Bonchev–Trinajstić information content (AvgIpc) is 2.78. The molecule has 0 bridgehead atoms. The Morgan fingerprint density at radius 2 is 2.27 bits per heavy atom. The average molecular weight is 415 g/mol. The summed E-state index contributed by atoms with van der Waals surface area (Å²) in [7, 11) is 0. The third-order valence-electron chi connectivity index (χ3n) is 1.90. The first-order valence-electron chi connectivity index (χ1n) is 4.24. The molecule has 80 valence electrons. The molecule has 0 saturated heterocycles. The Kier molecular flexibility index (Phi) is 4.04. The van der Waals surface area contributed by atoms with E-state index in [1.807, 2.05) is 6.20 Å². The van der Waals surface area contributed by atoms with Crippen molar-refractivity contribution in [3.05, 3.63) is 37.4 Å². The Morgan fingerprint density at radius 3 is 2.80 bits per heavy atom. The summed E-state index contributed by atoms with van der Waals surface area (Å²) < 4.78 is 2.23. The standard InChI is InChI=1S/C9H7Br3N2S/c10-5(4-8-13-1-2-14-8)7-3-6(11)9(12)15-7/h1-3,5H,4H2,(H,13,14). The van der Waals surface area contributed by atoms with E-state index < -0.39 is 0 Å². The monoisotopic (exact) mass is 412 g/mol. The van der Waals surface area contributed by atoms with Gasteiger partial charge >= 0.3 is 0 Å². The predicted molar refractivity (Wildman–Crippen MR) is 73.7 cm³/mol. The van der Waals surface area contributed by atoms with Crippen molar-refractivity contribution in [3.63, 3.8) is 0 Å². The molecular formula is C9H7Br3N2S. The quantitative estimate of drug-likeness (QED) is 0.726. The van der Waals surface area contributed by atoms with Crippen LogP contribution in [0.15, 0.2) is 26.7 Å². The summed E-state index contributed by atoms with van der Waals surface area (Å²) in [6, 6.07) is 2.12. The van der Waals surface area contributed by atoms with Crippen LogP contribution in [0.25, 0.3) is 0 Å². The van der Waals surface area contributed by atoms with Crippen molar-refractivity contribution < 1.29 is 0 Å². The molecule has 2 nitrogen and oxygen atoms in total. The number of hydrogen-bond acceptors (Lipinski definition) is 2. The number of halogens is 3. The van der Waals surface area contributed by atoms with Crippen LogP contribution in [0.1, 0.15) is 15.5 Å². The van der Waals surface area contributed by atoms with Gasteiger partial charge < -0.3 is 4.98 Å². The number of thiophene rings is 1. The maximum absolute atomic E-state index is 4.21. The summed E-state index contributed by atoms with van der Waals surface area (Å²) in [6.07, 6.45) is 4.48. The second-order valence-electron chi connectivity index (χ2n) is 2.98. The highest BCUT2D eigenvalue weighted by Gasteiger charge is 2.14. The molecule has 0 amide bonds. The first-order chi connectivity index (χ1) is 7.16. The van der Waals surface area contributed by atoms with Crippen molar-refractivity contribution in [3.8, 4) is 0 Å². The van der Waals surface area contributed by atoms with Gasteiger partial charge in [-0.2, -0.15) is 0 Å².